The molecule has 3 aromatic rings. The minimum absolute atomic E-state index is 0.0865. The summed E-state index contributed by atoms with van der Waals surface area (Å²) < 4.78 is 0. The van der Waals surface area contributed by atoms with Crippen molar-refractivity contribution in [2.24, 2.45) is 5.92 Å². The number of para-hydroxylation sites is 2. The third kappa shape index (κ3) is 2.72. The summed E-state index contributed by atoms with van der Waals surface area (Å²) in [5.41, 5.74) is 3.16. The van der Waals surface area contributed by atoms with Gasteiger partial charge in [0, 0.05) is 12.1 Å². The molecule has 0 bridgehead atoms. The monoisotopic (exact) mass is 309 g/mol. The molecule has 1 fully saturated rings. The van der Waals surface area contributed by atoms with Crippen LogP contribution >= 0.6 is 0 Å². The molecular weight excluding hydrogens is 290 g/mol. The Balaban J connectivity index is 1.59. The maximum atomic E-state index is 12.4. The number of aromatic nitrogens is 4. The van der Waals surface area contributed by atoms with Crippen molar-refractivity contribution < 1.29 is 4.79 Å². The van der Waals surface area contributed by atoms with Gasteiger partial charge in [-0.3, -0.25) is 9.89 Å². The molecule has 4 rings (SSSR count). The van der Waals surface area contributed by atoms with Gasteiger partial charge in [-0.05, 0) is 25.0 Å². The zero-order chi connectivity index (χ0) is 15.6. The van der Waals surface area contributed by atoms with E-state index in [4.69, 9.17) is 0 Å². The maximum Gasteiger partial charge on any atom is 0.227 e. The summed E-state index contributed by atoms with van der Waals surface area (Å²) in [5, 5.41) is 10.1. The summed E-state index contributed by atoms with van der Waals surface area (Å²) in [5.74, 6) is 0.858. The Labute approximate surface area is 133 Å². The Morgan fingerprint density at radius 1 is 1.17 bits per heavy atom. The Morgan fingerprint density at radius 3 is 2.83 bits per heavy atom. The SMILES string of the molecule is O=C(Nc1c[nH]nc1-c1nc2ccccc2[nH]1)C1CCCCC1. The molecule has 1 aromatic carbocycles. The van der Waals surface area contributed by atoms with E-state index < -0.39 is 0 Å². The van der Waals surface area contributed by atoms with Crippen LogP contribution in [0.1, 0.15) is 32.1 Å². The molecule has 0 unspecified atom stereocenters. The van der Waals surface area contributed by atoms with Crippen molar-refractivity contribution in [1.82, 2.24) is 20.2 Å². The van der Waals surface area contributed by atoms with E-state index in [0.29, 0.717) is 17.2 Å². The predicted molar refractivity (Wildman–Crippen MR) is 88.9 cm³/mol. The number of imidazole rings is 1. The molecule has 0 radical (unpaired) electrons. The van der Waals surface area contributed by atoms with Crippen LogP contribution in [0.2, 0.25) is 0 Å². The minimum Gasteiger partial charge on any atom is -0.337 e. The number of H-pyrrole nitrogens is 2. The second kappa shape index (κ2) is 5.87. The largest absolute Gasteiger partial charge is 0.337 e. The van der Waals surface area contributed by atoms with Gasteiger partial charge in [-0.25, -0.2) is 4.98 Å². The second-order valence-corrected chi connectivity index (χ2v) is 6.07. The average Bonchev–Trinajstić information content (AvgIpc) is 3.21. The highest BCUT2D eigenvalue weighted by atomic mass is 16.1. The number of rotatable bonds is 3. The lowest BCUT2D eigenvalue weighted by Crippen LogP contribution is -2.24. The summed E-state index contributed by atoms with van der Waals surface area (Å²) in [4.78, 5) is 20.2. The predicted octanol–water partition coefficient (Wildman–Crippen LogP) is 3.47. The maximum absolute atomic E-state index is 12.4. The fraction of sp³-hybridized carbons (Fsp3) is 0.353. The molecule has 1 aliphatic rings. The number of fused-ring (bicyclic) bond motifs is 1. The minimum atomic E-state index is 0.0865. The molecule has 1 amide bonds. The standard InChI is InChI=1S/C17H19N5O/c23-17(11-6-2-1-3-7-11)21-14-10-18-22-15(14)16-19-12-8-4-5-9-13(12)20-16/h4-5,8-11H,1-3,6-7H2,(H,18,22)(H,19,20)(H,21,23). The van der Waals surface area contributed by atoms with E-state index in [0.717, 1.165) is 36.7 Å². The van der Waals surface area contributed by atoms with Crippen molar-refractivity contribution in [3.8, 4) is 11.5 Å². The molecule has 0 saturated heterocycles. The van der Waals surface area contributed by atoms with Gasteiger partial charge in [-0.1, -0.05) is 31.4 Å². The number of hydrogen-bond acceptors (Lipinski definition) is 3. The third-order valence-electron chi connectivity index (χ3n) is 4.49. The molecule has 0 spiro atoms. The number of benzene rings is 1. The van der Waals surface area contributed by atoms with Gasteiger partial charge in [-0.2, -0.15) is 5.10 Å². The molecule has 1 saturated carbocycles. The first-order valence-corrected chi connectivity index (χ1v) is 8.11. The van der Waals surface area contributed by atoms with Gasteiger partial charge in [0.05, 0.1) is 16.7 Å². The lowest BCUT2D eigenvalue weighted by Gasteiger charge is -2.20. The van der Waals surface area contributed by atoms with Crippen LogP contribution in [0.15, 0.2) is 30.5 Å². The quantitative estimate of drug-likeness (QED) is 0.692. The number of nitrogens with one attached hydrogen (secondary N) is 3. The molecule has 3 N–H and O–H groups in total. The molecule has 1 aliphatic carbocycles. The van der Waals surface area contributed by atoms with Crippen LogP contribution in [0.4, 0.5) is 5.69 Å². The summed E-state index contributed by atoms with van der Waals surface area (Å²) >= 11 is 0. The van der Waals surface area contributed by atoms with Gasteiger partial charge in [0.1, 0.15) is 0 Å². The summed E-state index contributed by atoms with van der Waals surface area (Å²) in [6, 6.07) is 7.82. The highest BCUT2D eigenvalue weighted by Crippen LogP contribution is 2.28. The van der Waals surface area contributed by atoms with Crippen molar-refractivity contribution in [2.75, 3.05) is 5.32 Å². The number of nitrogens with zero attached hydrogens (tertiary/aromatic N) is 2. The van der Waals surface area contributed by atoms with E-state index in [1.807, 2.05) is 24.3 Å². The number of anilines is 1. The molecule has 6 nitrogen and oxygen atoms in total. The molecular formula is C17H19N5O. The van der Waals surface area contributed by atoms with Crippen molar-refractivity contribution in [3.05, 3.63) is 30.5 Å². The Morgan fingerprint density at radius 2 is 2.00 bits per heavy atom. The second-order valence-electron chi connectivity index (χ2n) is 6.07. The zero-order valence-corrected chi connectivity index (χ0v) is 12.8. The Hall–Kier alpha value is -2.63. The summed E-state index contributed by atoms with van der Waals surface area (Å²) in [6.07, 6.45) is 7.18. The molecule has 0 aliphatic heterocycles. The molecule has 23 heavy (non-hydrogen) atoms. The normalized spacial score (nSPS) is 15.8. The van der Waals surface area contributed by atoms with Crippen LogP contribution in [-0.4, -0.2) is 26.1 Å². The van der Waals surface area contributed by atoms with E-state index in [1.165, 1.54) is 6.42 Å². The van der Waals surface area contributed by atoms with Crippen LogP contribution in [0.3, 0.4) is 0 Å². The smallest absolute Gasteiger partial charge is 0.227 e. The lowest BCUT2D eigenvalue weighted by atomic mass is 9.88. The van der Waals surface area contributed by atoms with Crippen LogP contribution in [0.5, 0.6) is 0 Å². The molecule has 6 heteroatoms. The van der Waals surface area contributed by atoms with Gasteiger partial charge in [0.2, 0.25) is 5.91 Å². The first-order chi connectivity index (χ1) is 11.3. The van der Waals surface area contributed by atoms with E-state index in [9.17, 15) is 4.79 Å². The Bertz CT molecular complexity index is 795. The van der Waals surface area contributed by atoms with Crippen LogP contribution < -0.4 is 5.32 Å². The topological polar surface area (TPSA) is 86.5 Å². The number of aromatic amines is 2. The van der Waals surface area contributed by atoms with Gasteiger partial charge in [0.15, 0.2) is 11.5 Å². The van der Waals surface area contributed by atoms with Crippen LogP contribution in [0, 0.1) is 5.92 Å². The van der Waals surface area contributed by atoms with Crippen molar-refractivity contribution >= 4 is 22.6 Å². The molecule has 2 aromatic heterocycles. The molecule has 2 heterocycles. The van der Waals surface area contributed by atoms with Gasteiger partial charge in [-0.15, -0.1) is 0 Å². The highest BCUT2D eigenvalue weighted by Gasteiger charge is 2.23. The van der Waals surface area contributed by atoms with E-state index >= 15 is 0 Å². The fourth-order valence-electron chi connectivity index (χ4n) is 3.23. The van der Waals surface area contributed by atoms with Crippen LogP contribution in [-0.2, 0) is 4.79 Å². The van der Waals surface area contributed by atoms with Crippen LogP contribution in [0.25, 0.3) is 22.6 Å². The van der Waals surface area contributed by atoms with Crippen molar-refractivity contribution in [3.63, 3.8) is 0 Å². The molecule has 0 atom stereocenters. The average molecular weight is 309 g/mol. The summed E-state index contributed by atoms with van der Waals surface area (Å²) in [6.45, 7) is 0. The van der Waals surface area contributed by atoms with E-state index in [-0.39, 0.29) is 11.8 Å². The number of hydrogen-bond donors (Lipinski definition) is 3. The number of amides is 1. The Kier molecular flexibility index (Phi) is 3.57. The lowest BCUT2D eigenvalue weighted by molar-refractivity contribution is -0.120. The third-order valence-corrected chi connectivity index (χ3v) is 4.49. The van der Waals surface area contributed by atoms with Crippen molar-refractivity contribution in [1.29, 1.82) is 0 Å². The van der Waals surface area contributed by atoms with E-state index in [1.54, 1.807) is 6.20 Å². The zero-order valence-electron chi connectivity index (χ0n) is 12.8. The van der Waals surface area contributed by atoms with Gasteiger partial charge in [0.25, 0.3) is 0 Å². The summed E-state index contributed by atoms with van der Waals surface area (Å²) in [7, 11) is 0. The number of carbonyl (C=O) groups is 1. The fourth-order valence-corrected chi connectivity index (χ4v) is 3.23. The molecule has 118 valence electrons. The van der Waals surface area contributed by atoms with Gasteiger partial charge >= 0.3 is 0 Å². The van der Waals surface area contributed by atoms with Crippen molar-refractivity contribution in [2.45, 2.75) is 32.1 Å². The van der Waals surface area contributed by atoms with E-state index in [2.05, 4.69) is 25.5 Å². The first kappa shape index (κ1) is 14.0. The highest BCUT2D eigenvalue weighted by molar-refractivity contribution is 5.95. The number of carbonyl (C=O) groups excluding carboxylic acids is 1. The van der Waals surface area contributed by atoms with Gasteiger partial charge < -0.3 is 10.3 Å². The first-order valence-electron chi connectivity index (χ1n) is 8.11.